The molecule has 0 bridgehead atoms. The average molecular weight is 285 g/mol. The molecule has 18 heavy (non-hydrogen) atoms. The third-order valence-electron chi connectivity index (χ3n) is 2.78. The molecule has 0 amide bonds. The van der Waals surface area contributed by atoms with Crippen LogP contribution in [0.4, 0.5) is 4.39 Å². The molecule has 2 heterocycles. The van der Waals surface area contributed by atoms with Crippen LogP contribution in [0.5, 0.6) is 5.75 Å². The van der Waals surface area contributed by atoms with E-state index >= 15 is 0 Å². The first-order chi connectivity index (χ1) is 8.78. The Labute approximate surface area is 113 Å². The standard InChI is InChI=1S/C13H10ClFO2S/c14-5-9-3-11(15)4-10-6-16-13(17-12(9)10)8-1-2-18-7-8/h1-4,7,13H,5-6H2. The topological polar surface area (TPSA) is 18.5 Å². The average Bonchev–Trinajstić information content (AvgIpc) is 2.91. The van der Waals surface area contributed by atoms with Crippen LogP contribution >= 0.6 is 22.9 Å². The van der Waals surface area contributed by atoms with E-state index in [4.69, 9.17) is 21.1 Å². The first-order valence-corrected chi connectivity index (χ1v) is 6.93. The maximum atomic E-state index is 13.3. The Morgan fingerprint density at radius 2 is 2.33 bits per heavy atom. The molecule has 3 rings (SSSR count). The van der Waals surface area contributed by atoms with E-state index in [0.29, 0.717) is 23.5 Å². The zero-order chi connectivity index (χ0) is 12.5. The van der Waals surface area contributed by atoms with E-state index in [2.05, 4.69) is 0 Å². The molecule has 1 unspecified atom stereocenters. The molecule has 1 aliphatic heterocycles. The highest BCUT2D eigenvalue weighted by Crippen LogP contribution is 2.37. The molecule has 0 aliphatic carbocycles. The van der Waals surface area contributed by atoms with Crippen molar-refractivity contribution in [1.29, 1.82) is 0 Å². The third kappa shape index (κ3) is 2.11. The van der Waals surface area contributed by atoms with E-state index in [1.807, 2.05) is 16.8 Å². The summed E-state index contributed by atoms with van der Waals surface area (Å²) in [5.74, 6) is 0.552. The van der Waals surface area contributed by atoms with E-state index in [-0.39, 0.29) is 11.7 Å². The summed E-state index contributed by atoms with van der Waals surface area (Å²) < 4.78 is 24.7. The number of benzene rings is 1. The zero-order valence-corrected chi connectivity index (χ0v) is 10.9. The SMILES string of the molecule is Fc1cc(CCl)c2c(c1)COC(c1ccsc1)O2. The van der Waals surface area contributed by atoms with Crippen LogP contribution in [0.2, 0.25) is 0 Å². The Kier molecular flexibility index (Phi) is 3.24. The zero-order valence-electron chi connectivity index (χ0n) is 9.36. The fraction of sp³-hybridized carbons (Fsp3) is 0.231. The summed E-state index contributed by atoms with van der Waals surface area (Å²) >= 11 is 7.40. The summed E-state index contributed by atoms with van der Waals surface area (Å²) in [5.41, 5.74) is 2.34. The van der Waals surface area contributed by atoms with Crippen LogP contribution in [-0.2, 0) is 17.2 Å². The molecule has 0 saturated heterocycles. The normalized spacial score (nSPS) is 18.2. The van der Waals surface area contributed by atoms with Gasteiger partial charge in [0.2, 0.25) is 6.29 Å². The predicted octanol–water partition coefficient (Wildman–Crippen LogP) is 4.23. The highest BCUT2D eigenvalue weighted by Gasteiger charge is 2.25. The van der Waals surface area contributed by atoms with Gasteiger partial charge in [-0.1, -0.05) is 0 Å². The summed E-state index contributed by atoms with van der Waals surface area (Å²) in [5, 5.41) is 3.93. The first-order valence-electron chi connectivity index (χ1n) is 5.45. The van der Waals surface area contributed by atoms with E-state index in [1.165, 1.54) is 12.1 Å². The van der Waals surface area contributed by atoms with Gasteiger partial charge in [-0.2, -0.15) is 11.3 Å². The molecule has 1 aromatic heterocycles. The van der Waals surface area contributed by atoms with Gasteiger partial charge in [-0.3, -0.25) is 0 Å². The van der Waals surface area contributed by atoms with Crippen molar-refractivity contribution in [2.45, 2.75) is 18.8 Å². The van der Waals surface area contributed by atoms with Gasteiger partial charge in [-0.25, -0.2) is 4.39 Å². The number of rotatable bonds is 2. The largest absolute Gasteiger partial charge is 0.460 e. The fourth-order valence-electron chi connectivity index (χ4n) is 1.95. The minimum absolute atomic E-state index is 0.219. The lowest BCUT2D eigenvalue weighted by molar-refractivity contribution is -0.111. The van der Waals surface area contributed by atoms with Crippen molar-refractivity contribution in [2.75, 3.05) is 0 Å². The molecule has 1 aliphatic rings. The minimum Gasteiger partial charge on any atom is -0.460 e. The smallest absolute Gasteiger partial charge is 0.227 e. The Hall–Kier alpha value is -1.10. The summed E-state index contributed by atoms with van der Waals surface area (Å²) in [4.78, 5) is 0. The van der Waals surface area contributed by atoms with Gasteiger partial charge >= 0.3 is 0 Å². The molecule has 0 spiro atoms. The summed E-state index contributed by atoms with van der Waals surface area (Å²) in [7, 11) is 0. The summed E-state index contributed by atoms with van der Waals surface area (Å²) in [6, 6.07) is 4.78. The Morgan fingerprint density at radius 1 is 1.44 bits per heavy atom. The van der Waals surface area contributed by atoms with E-state index in [1.54, 1.807) is 11.3 Å². The van der Waals surface area contributed by atoms with Crippen LogP contribution in [0, 0.1) is 5.82 Å². The maximum Gasteiger partial charge on any atom is 0.227 e. The van der Waals surface area contributed by atoms with Gasteiger partial charge in [0.1, 0.15) is 11.6 Å². The highest BCUT2D eigenvalue weighted by molar-refractivity contribution is 7.07. The molecule has 2 aromatic rings. The lowest BCUT2D eigenvalue weighted by Gasteiger charge is -2.27. The third-order valence-corrected chi connectivity index (χ3v) is 3.77. The van der Waals surface area contributed by atoms with Crippen LogP contribution in [-0.4, -0.2) is 0 Å². The van der Waals surface area contributed by atoms with E-state index < -0.39 is 6.29 Å². The Morgan fingerprint density at radius 3 is 3.06 bits per heavy atom. The molecule has 0 radical (unpaired) electrons. The number of ether oxygens (including phenoxy) is 2. The van der Waals surface area contributed by atoms with Crippen molar-refractivity contribution in [3.05, 3.63) is 51.5 Å². The maximum absolute atomic E-state index is 13.3. The second-order valence-corrected chi connectivity index (χ2v) is 5.05. The van der Waals surface area contributed by atoms with Crippen LogP contribution in [0.3, 0.4) is 0 Å². The van der Waals surface area contributed by atoms with E-state index in [9.17, 15) is 4.39 Å². The quantitative estimate of drug-likeness (QED) is 0.768. The molecule has 0 fully saturated rings. The van der Waals surface area contributed by atoms with E-state index in [0.717, 1.165) is 5.56 Å². The van der Waals surface area contributed by atoms with Crippen molar-refractivity contribution >= 4 is 22.9 Å². The number of thiophene rings is 1. The van der Waals surface area contributed by atoms with Crippen molar-refractivity contribution in [3.8, 4) is 5.75 Å². The number of hydrogen-bond acceptors (Lipinski definition) is 3. The lowest BCUT2D eigenvalue weighted by atomic mass is 10.1. The molecule has 1 aromatic carbocycles. The first kappa shape index (κ1) is 12.0. The predicted molar refractivity (Wildman–Crippen MR) is 68.4 cm³/mol. The molecular weight excluding hydrogens is 275 g/mol. The number of alkyl halides is 1. The van der Waals surface area contributed by atoms with Crippen LogP contribution in [0.15, 0.2) is 29.0 Å². The van der Waals surface area contributed by atoms with Gasteiger partial charge in [0.25, 0.3) is 0 Å². The second kappa shape index (κ2) is 4.88. The highest BCUT2D eigenvalue weighted by atomic mass is 35.5. The second-order valence-electron chi connectivity index (χ2n) is 4.00. The van der Waals surface area contributed by atoms with Gasteiger partial charge in [-0.15, -0.1) is 11.6 Å². The molecular formula is C13H10ClFO2S. The lowest BCUT2D eigenvalue weighted by Crippen LogP contribution is -2.18. The summed E-state index contributed by atoms with van der Waals surface area (Å²) in [6.45, 7) is 0.331. The minimum atomic E-state index is -0.434. The Balaban J connectivity index is 1.96. The van der Waals surface area contributed by atoms with Crippen molar-refractivity contribution in [1.82, 2.24) is 0 Å². The van der Waals surface area contributed by atoms with Crippen molar-refractivity contribution < 1.29 is 13.9 Å². The molecule has 0 saturated carbocycles. The molecule has 1 atom stereocenters. The van der Waals surface area contributed by atoms with Gasteiger partial charge in [-0.05, 0) is 23.6 Å². The van der Waals surface area contributed by atoms with Gasteiger partial charge < -0.3 is 9.47 Å². The van der Waals surface area contributed by atoms with Gasteiger partial charge in [0.05, 0.1) is 12.5 Å². The van der Waals surface area contributed by atoms with Crippen LogP contribution < -0.4 is 4.74 Å². The molecule has 94 valence electrons. The molecule has 2 nitrogen and oxygen atoms in total. The molecule has 5 heteroatoms. The van der Waals surface area contributed by atoms with Crippen molar-refractivity contribution in [2.24, 2.45) is 0 Å². The summed E-state index contributed by atoms with van der Waals surface area (Å²) in [6.07, 6.45) is -0.434. The van der Waals surface area contributed by atoms with Crippen molar-refractivity contribution in [3.63, 3.8) is 0 Å². The van der Waals surface area contributed by atoms with Gasteiger partial charge in [0.15, 0.2) is 0 Å². The fourth-order valence-corrected chi connectivity index (χ4v) is 2.81. The van der Waals surface area contributed by atoms with Gasteiger partial charge in [0, 0.05) is 22.1 Å². The number of halogens is 2. The Bertz CT molecular complexity index is 539. The van der Waals surface area contributed by atoms with Crippen LogP contribution in [0.1, 0.15) is 23.0 Å². The number of fused-ring (bicyclic) bond motifs is 1. The number of hydrogen-bond donors (Lipinski definition) is 0. The molecule has 0 N–H and O–H groups in total. The monoisotopic (exact) mass is 284 g/mol. The van der Waals surface area contributed by atoms with Crippen LogP contribution in [0.25, 0.3) is 0 Å².